The first-order valence-electron chi connectivity index (χ1n) is 12.0. The van der Waals surface area contributed by atoms with Crippen molar-refractivity contribution in [2.75, 3.05) is 0 Å². The number of hydrogen-bond acceptors (Lipinski definition) is 0. The van der Waals surface area contributed by atoms with Crippen LogP contribution in [0, 0.1) is 29.6 Å². The number of hydrogen-bond donors (Lipinski definition) is 0. The molecule has 0 unspecified atom stereocenters. The van der Waals surface area contributed by atoms with E-state index in [1.807, 2.05) is 0 Å². The predicted octanol–water partition coefficient (Wildman–Crippen LogP) is 8.27. The summed E-state index contributed by atoms with van der Waals surface area (Å²) in [5, 5.41) is 0. The largest absolute Gasteiger partial charge is 0.0730 e. The van der Waals surface area contributed by atoms with Crippen LogP contribution in [-0.2, 0) is 0 Å². The van der Waals surface area contributed by atoms with E-state index in [1.165, 1.54) is 82.6 Å². The minimum atomic E-state index is 0.755. The van der Waals surface area contributed by atoms with Crippen molar-refractivity contribution >= 4 is 0 Å². The Kier molecular flexibility index (Phi) is 8.72. The van der Waals surface area contributed by atoms with Gasteiger partial charge in [-0.3, -0.25) is 0 Å². The lowest BCUT2D eigenvalue weighted by molar-refractivity contribution is 0.303. The van der Waals surface area contributed by atoms with Crippen molar-refractivity contribution < 1.29 is 0 Å². The highest BCUT2D eigenvalue weighted by Crippen LogP contribution is 2.37. The minimum absolute atomic E-state index is 0.755. The Bertz CT molecular complexity index is 638. The molecule has 0 aliphatic heterocycles. The summed E-state index contributed by atoms with van der Waals surface area (Å²) in [5.74, 6) is 10.0. The second-order valence-corrected chi connectivity index (χ2v) is 9.48. The van der Waals surface area contributed by atoms with Crippen molar-refractivity contribution in [3.63, 3.8) is 0 Å². The molecule has 0 radical (unpaired) electrons. The number of benzene rings is 1. The highest BCUT2D eigenvalue weighted by Gasteiger charge is 2.21. The number of allylic oxidation sites excluding steroid dienone is 2. The van der Waals surface area contributed by atoms with Crippen molar-refractivity contribution in [2.24, 2.45) is 17.8 Å². The van der Waals surface area contributed by atoms with Gasteiger partial charge in [0.05, 0.1) is 0 Å². The van der Waals surface area contributed by atoms with E-state index in [2.05, 4.69) is 62.1 Å². The fraction of sp³-hybridized carbons (Fsp3) is 0.643. The lowest BCUT2D eigenvalue weighted by Gasteiger charge is -2.29. The second-order valence-electron chi connectivity index (χ2n) is 9.48. The lowest BCUT2D eigenvalue weighted by atomic mass is 9.77. The van der Waals surface area contributed by atoms with Crippen LogP contribution in [-0.4, -0.2) is 0 Å². The van der Waals surface area contributed by atoms with Crippen molar-refractivity contribution in [1.29, 1.82) is 0 Å². The van der Waals surface area contributed by atoms with Crippen LogP contribution in [0.4, 0.5) is 0 Å². The summed E-state index contributed by atoms with van der Waals surface area (Å²) in [7, 11) is 0. The molecule has 1 aromatic carbocycles. The van der Waals surface area contributed by atoms with E-state index in [0.717, 1.165) is 29.2 Å². The Hall–Kier alpha value is -1.48. The summed E-state index contributed by atoms with van der Waals surface area (Å²) < 4.78 is 0. The molecule has 2 aliphatic rings. The van der Waals surface area contributed by atoms with Crippen LogP contribution in [0.2, 0.25) is 0 Å². The Morgan fingerprint density at radius 1 is 0.893 bits per heavy atom. The monoisotopic (exact) mass is 376 g/mol. The SMILES string of the molecule is CCCCC[C@H]1CC[C@H](c2ccc(C#CC=C[C@H]3CC[C@H](C)CC3)cc2)CC1. The summed E-state index contributed by atoms with van der Waals surface area (Å²) in [5.41, 5.74) is 2.68. The quantitative estimate of drug-likeness (QED) is 0.346. The molecule has 3 rings (SSSR count). The molecule has 0 nitrogen and oxygen atoms in total. The van der Waals surface area contributed by atoms with Gasteiger partial charge in [-0.15, -0.1) is 0 Å². The third kappa shape index (κ3) is 6.84. The zero-order valence-corrected chi connectivity index (χ0v) is 18.3. The molecule has 0 N–H and O–H groups in total. The van der Waals surface area contributed by atoms with E-state index >= 15 is 0 Å². The van der Waals surface area contributed by atoms with Gasteiger partial charge in [0, 0.05) is 5.56 Å². The Balaban J connectivity index is 1.43. The van der Waals surface area contributed by atoms with Gasteiger partial charge in [0.1, 0.15) is 0 Å². The van der Waals surface area contributed by atoms with Crippen LogP contribution < -0.4 is 0 Å². The van der Waals surface area contributed by atoms with Crippen LogP contribution in [0.25, 0.3) is 0 Å². The van der Waals surface area contributed by atoms with E-state index in [9.17, 15) is 0 Å². The van der Waals surface area contributed by atoms with E-state index in [0.29, 0.717) is 0 Å². The lowest BCUT2D eigenvalue weighted by Crippen LogP contribution is -2.13. The van der Waals surface area contributed by atoms with Crippen molar-refractivity contribution in [2.45, 2.75) is 96.8 Å². The van der Waals surface area contributed by atoms with E-state index in [1.54, 1.807) is 0 Å². The molecule has 0 aromatic heterocycles. The standard InChI is InChI=1S/C28H40/c1-3-4-5-8-25-15-19-27(20-16-25)28-21-17-26(18-22-28)10-7-6-9-24-13-11-23(2)12-14-24/h6,9,17-18,21-25,27H,3-5,8,11-16,19-20H2,1-2H3/t23-,24-,25-,27-. The first-order valence-corrected chi connectivity index (χ1v) is 12.0. The van der Waals surface area contributed by atoms with Gasteiger partial charge in [0.2, 0.25) is 0 Å². The molecule has 0 amide bonds. The van der Waals surface area contributed by atoms with E-state index in [-0.39, 0.29) is 0 Å². The van der Waals surface area contributed by atoms with Crippen LogP contribution in [0.5, 0.6) is 0 Å². The van der Waals surface area contributed by atoms with Crippen molar-refractivity contribution in [3.05, 3.63) is 47.5 Å². The zero-order valence-electron chi connectivity index (χ0n) is 18.3. The Labute approximate surface area is 174 Å². The third-order valence-electron chi connectivity index (χ3n) is 7.17. The maximum absolute atomic E-state index is 3.32. The summed E-state index contributed by atoms with van der Waals surface area (Å²) in [4.78, 5) is 0. The first-order chi connectivity index (χ1) is 13.7. The molecule has 2 saturated carbocycles. The van der Waals surface area contributed by atoms with Gasteiger partial charge in [-0.1, -0.05) is 82.4 Å². The van der Waals surface area contributed by atoms with E-state index < -0.39 is 0 Å². The molecular weight excluding hydrogens is 336 g/mol. The Morgan fingerprint density at radius 2 is 1.61 bits per heavy atom. The van der Waals surface area contributed by atoms with Gasteiger partial charge in [-0.2, -0.15) is 0 Å². The van der Waals surface area contributed by atoms with Crippen LogP contribution in [0.3, 0.4) is 0 Å². The fourth-order valence-electron chi connectivity index (χ4n) is 5.09. The summed E-state index contributed by atoms with van der Waals surface area (Å²) in [6, 6.07) is 9.12. The molecule has 28 heavy (non-hydrogen) atoms. The molecule has 0 heteroatoms. The zero-order chi connectivity index (χ0) is 19.6. The number of unbranched alkanes of at least 4 members (excludes halogenated alkanes) is 2. The third-order valence-corrected chi connectivity index (χ3v) is 7.17. The molecule has 0 atom stereocenters. The van der Waals surface area contributed by atoms with Gasteiger partial charge < -0.3 is 0 Å². The molecule has 0 spiro atoms. The average Bonchev–Trinajstić information content (AvgIpc) is 2.74. The second kappa shape index (κ2) is 11.5. The van der Waals surface area contributed by atoms with Gasteiger partial charge in [0.25, 0.3) is 0 Å². The maximum atomic E-state index is 3.32. The molecule has 0 saturated heterocycles. The van der Waals surface area contributed by atoms with Crippen LogP contribution in [0.1, 0.15) is 108 Å². The van der Waals surface area contributed by atoms with E-state index in [4.69, 9.17) is 0 Å². The van der Waals surface area contributed by atoms with Crippen LogP contribution >= 0.6 is 0 Å². The summed E-state index contributed by atoms with van der Waals surface area (Å²) >= 11 is 0. The van der Waals surface area contributed by atoms with Gasteiger partial charge in [-0.25, -0.2) is 0 Å². The molecule has 2 fully saturated rings. The Morgan fingerprint density at radius 3 is 2.29 bits per heavy atom. The highest BCUT2D eigenvalue weighted by atomic mass is 14.3. The molecule has 1 aromatic rings. The predicted molar refractivity (Wildman–Crippen MR) is 122 cm³/mol. The normalized spacial score (nSPS) is 28.1. The molecule has 0 heterocycles. The van der Waals surface area contributed by atoms with Crippen molar-refractivity contribution in [1.82, 2.24) is 0 Å². The van der Waals surface area contributed by atoms with Gasteiger partial charge in [-0.05, 0) is 86.0 Å². The minimum Gasteiger partial charge on any atom is -0.0730 e. The topological polar surface area (TPSA) is 0 Å². The first kappa shape index (κ1) is 21.2. The average molecular weight is 377 g/mol. The van der Waals surface area contributed by atoms with Gasteiger partial charge in [0.15, 0.2) is 0 Å². The summed E-state index contributed by atoms with van der Waals surface area (Å²) in [6.45, 7) is 4.68. The summed E-state index contributed by atoms with van der Waals surface area (Å²) in [6.07, 6.45) is 21.2. The fourth-order valence-corrected chi connectivity index (χ4v) is 5.09. The maximum Gasteiger partial charge on any atom is 0.0249 e. The molecule has 152 valence electrons. The molecule has 0 bridgehead atoms. The van der Waals surface area contributed by atoms with Gasteiger partial charge >= 0.3 is 0 Å². The number of rotatable bonds is 6. The smallest absolute Gasteiger partial charge is 0.0249 e. The highest BCUT2D eigenvalue weighted by molar-refractivity contribution is 5.39. The van der Waals surface area contributed by atoms with Crippen LogP contribution in [0.15, 0.2) is 36.4 Å². The van der Waals surface area contributed by atoms with Crippen molar-refractivity contribution in [3.8, 4) is 11.8 Å². The molecule has 2 aliphatic carbocycles. The molecular formula is C28H40.